The average Bonchev–Trinajstić information content (AvgIpc) is 3.07. The molecule has 2 rings (SSSR count). The Morgan fingerprint density at radius 3 is 2.50 bits per heavy atom. The summed E-state index contributed by atoms with van der Waals surface area (Å²) in [4.78, 5) is 26.5. The van der Waals surface area contributed by atoms with Gasteiger partial charge in [-0.2, -0.15) is 0 Å². The molecule has 0 bridgehead atoms. The number of hydrogen-bond donors (Lipinski definition) is 1. The van der Waals surface area contributed by atoms with E-state index in [0.29, 0.717) is 22.8 Å². The highest BCUT2D eigenvalue weighted by molar-refractivity contribution is 8.26. The molecule has 1 fully saturated rings. The fraction of sp³-hybridized carbons (Fsp3) is 0.577. The van der Waals surface area contributed by atoms with Crippen molar-refractivity contribution in [1.29, 1.82) is 0 Å². The number of aliphatic carboxylic acids is 1. The van der Waals surface area contributed by atoms with Gasteiger partial charge in [0.15, 0.2) is 11.5 Å². The van der Waals surface area contributed by atoms with Crippen molar-refractivity contribution >= 4 is 46.3 Å². The first-order chi connectivity index (χ1) is 16.2. The molecule has 0 spiro atoms. The molecule has 3 unspecified atom stereocenters. The molecule has 188 valence electrons. The fourth-order valence-corrected chi connectivity index (χ4v) is 5.21. The Bertz CT molecular complexity index is 901. The van der Waals surface area contributed by atoms with E-state index in [4.69, 9.17) is 21.7 Å². The number of thioether (sulfide) groups is 1. The number of thiocarbonyl (C=S) groups is 1. The summed E-state index contributed by atoms with van der Waals surface area (Å²) in [6.07, 6.45) is 9.53. The van der Waals surface area contributed by atoms with Gasteiger partial charge in [-0.15, -0.1) is 0 Å². The van der Waals surface area contributed by atoms with Crippen LogP contribution in [0.5, 0.6) is 11.5 Å². The standard InChI is InChI=1S/C26H37NO5S2/c1-6-8-9-10-11-12-18(4)32-20-14-13-19(15-21(20)31-5)16-22-24(28)27(26(33)34-22)23(25(29)30)17(3)7-2/h13-18,23H,6-12H2,1-5H3,(H,29,30)/b22-16+. The Morgan fingerprint density at radius 1 is 1.18 bits per heavy atom. The van der Waals surface area contributed by atoms with E-state index < -0.39 is 12.0 Å². The lowest BCUT2D eigenvalue weighted by Crippen LogP contribution is -2.47. The molecule has 1 saturated heterocycles. The topological polar surface area (TPSA) is 76.1 Å². The summed E-state index contributed by atoms with van der Waals surface area (Å²) in [7, 11) is 1.59. The van der Waals surface area contributed by atoms with Crippen LogP contribution >= 0.6 is 24.0 Å². The normalized spacial score (nSPS) is 17.7. The van der Waals surface area contributed by atoms with Crippen LogP contribution in [0.3, 0.4) is 0 Å². The summed E-state index contributed by atoms with van der Waals surface area (Å²) >= 11 is 6.49. The molecular formula is C26H37NO5S2. The smallest absolute Gasteiger partial charge is 0.327 e. The van der Waals surface area contributed by atoms with Gasteiger partial charge in [0.1, 0.15) is 10.4 Å². The number of methoxy groups -OCH3 is 1. The zero-order chi connectivity index (χ0) is 25.3. The third-order valence-corrected chi connectivity index (χ3v) is 7.40. The molecule has 8 heteroatoms. The maximum absolute atomic E-state index is 13.0. The second-order valence-electron chi connectivity index (χ2n) is 8.76. The van der Waals surface area contributed by atoms with Gasteiger partial charge in [-0.1, -0.05) is 82.9 Å². The SMILES string of the molecule is CCCCCCCC(C)Oc1ccc(/C=C2/SC(=S)N(C(C(=O)O)C(C)CC)C2=O)cc1OC. The van der Waals surface area contributed by atoms with E-state index >= 15 is 0 Å². The Hall–Kier alpha value is -2.06. The number of hydrogen-bond acceptors (Lipinski definition) is 6. The summed E-state index contributed by atoms with van der Waals surface area (Å²) in [6, 6.07) is 4.55. The average molecular weight is 508 g/mol. The first-order valence-electron chi connectivity index (χ1n) is 12.1. The number of nitrogens with zero attached hydrogens (tertiary/aromatic N) is 1. The van der Waals surface area contributed by atoms with Gasteiger partial charge in [0.25, 0.3) is 5.91 Å². The maximum Gasteiger partial charge on any atom is 0.327 e. The third-order valence-electron chi connectivity index (χ3n) is 6.07. The molecule has 1 aliphatic heterocycles. The Kier molecular flexibility index (Phi) is 11.4. The lowest BCUT2D eigenvalue weighted by atomic mass is 9.98. The minimum atomic E-state index is -1.05. The van der Waals surface area contributed by atoms with Crippen LogP contribution in [0.15, 0.2) is 23.1 Å². The molecule has 0 radical (unpaired) electrons. The summed E-state index contributed by atoms with van der Waals surface area (Å²) in [5.41, 5.74) is 0.757. The molecule has 1 amide bonds. The van der Waals surface area contributed by atoms with Crippen LogP contribution in [0.1, 0.15) is 78.2 Å². The lowest BCUT2D eigenvalue weighted by Gasteiger charge is -2.27. The molecule has 0 aromatic heterocycles. The Balaban J connectivity index is 2.13. The van der Waals surface area contributed by atoms with E-state index in [0.717, 1.165) is 30.2 Å². The van der Waals surface area contributed by atoms with Gasteiger partial charge in [0.05, 0.1) is 18.1 Å². The monoisotopic (exact) mass is 507 g/mol. The van der Waals surface area contributed by atoms with Crippen molar-refractivity contribution in [3.8, 4) is 11.5 Å². The van der Waals surface area contributed by atoms with Crippen LogP contribution in [0.25, 0.3) is 6.08 Å². The summed E-state index contributed by atoms with van der Waals surface area (Å²) in [5.74, 6) is -0.390. The van der Waals surface area contributed by atoms with Crippen LogP contribution in [-0.4, -0.2) is 45.5 Å². The van der Waals surface area contributed by atoms with E-state index in [1.165, 1.54) is 30.6 Å². The van der Waals surface area contributed by atoms with Crippen LogP contribution in [0.4, 0.5) is 0 Å². The molecule has 1 N–H and O–H groups in total. The molecular weight excluding hydrogens is 470 g/mol. The molecule has 0 aliphatic carbocycles. The summed E-state index contributed by atoms with van der Waals surface area (Å²) < 4.78 is 11.9. The summed E-state index contributed by atoms with van der Waals surface area (Å²) in [5, 5.41) is 9.70. The molecule has 6 nitrogen and oxygen atoms in total. The van der Waals surface area contributed by atoms with Crippen molar-refractivity contribution in [1.82, 2.24) is 4.90 Å². The lowest BCUT2D eigenvalue weighted by molar-refractivity contribution is -0.147. The number of benzene rings is 1. The highest BCUT2D eigenvalue weighted by Crippen LogP contribution is 2.37. The number of unbranched alkanes of at least 4 members (excludes halogenated alkanes) is 4. The van der Waals surface area contributed by atoms with Gasteiger partial charge in [-0.3, -0.25) is 9.69 Å². The minimum Gasteiger partial charge on any atom is -0.493 e. The number of carbonyl (C=O) groups excluding carboxylic acids is 1. The number of rotatable bonds is 14. The fourth-order valence-electron chi connectivity index (χ4n) is 3.88. The van der Waals surface area contributed by atoms with Crippen molar-refractivity contribution in [2.45, 2.75) is 84.8 Å². The van der Waals surface area contributed by atoms with Gasteiger partial charge >= 0.3 is 5.97 Å². The first-order valence-corrected chi connectivity index (χ1v) is 13.3. The van der Waals surface area contributed by atoms with Crippen LogP contribution in [0, 0.1) is 5.92 Å². The number of ether oxygens (including phenoxy) is 2. The number of amides is 1. The van der Waals surface area contributed by atoms with Crippen molar-refractivity contribution in [2.75, 3.05) is 7.11 Å². The molecule has 1 heterocycles. The molecule has 1 aromatic carbocycles. The molecule has 3 atom stereocenters. The van der Waals surface area contributed by atoms with Crippen molar-refractivity contribution in [3.63, 3.8) is 0 Å². The van der Waals surface area contributed by atoms with Crippen molar-refractivity contribution < 1.29 is 24.2 Å². The predicted octanol–water partition coefficient (Wildman–Crippen LogP) is 6.52. The Labute approximate surface area is 213 Å². The predicted molar refractivity (Wildman–Crippen MR) is 142 cm³/mol. The largest absolute Gasteiger partial charge is 0.493 e. The molecule has 1 aromatic rings. The van der Waals surface area contributed by atoms with Crippen molar-refractivity contribution in [2.24, 2.45) is 5.92 Å². The van der Waals surface area contributed by atoms with E-state index in [2.05, 4.69) is 13.8 Å². The van der Waals surface area contributed by atoms with Gasteiger partial charge in [0, 0.05) is 0 Å². The van der Waals surface area contributed by atoms with E-state index in [1.54, 1.807) is 13.2 Å². The number of carboxylic acids is 1. The zero-order valence-electron chi connectivity index (χ0n) is 20.8. The van der Waals surface area contributed by atoms with E-state index in [-0.39, 0.29) is 22.2 Å². The zero-order valence-corrected chi connectivity index (χ0v) is 22.5. The van der Waals surface area contributed by atoms with Crippen LogP contribution in [0.2, 0.25) is 0 Å². The second kappa shape index (κ2) is 13.7. The number of carbonyl (C=O) groups is 2. The molecule has 0 saturated carbocycles. The minimum absolute atomic E-state index is 0.0751. The van der Waals surface area contributed by atoms with Crippen LogP contribution in [-0.2, 0) is 9.59 Å². The highest BCUT2D eigenvalue weighted by atomic mass is 32.2. The number of carboxylic acid groups (broad SMARTS) is 1. The van der Waals surface area contributed by atoms with Gasteiger partial charge in [-0.25, -0.2) is 4.79 Å². The van der Waals surface area contributed by atoms with Crippen LogP contribution < -0.4 is 9.47 Å². The maximum atomic E-state index is 13.0. The first kappa shape index (κ1) is 28.2. The Morgan fingerprint density at radius 2 is 1.88 bits per heavy atom. The van der Waals surface area contributed by atoms with E-state index in [9.17, 15) is 14.7 Å². The van der Waals surface area contributed by atoms with Gasteiger partial charge < -0.3 is 14.6 Å². The molecule has 1 aliphatic rings. The molecule has 34 heavy (non-hydrogen) atoms. The third kappa shape index (κ3) is 7.47. The summed E-state index contributed by atoms with van der Waals surface area (Å²) in [6.45, 7) is 7.99. The van der Waals surface area contributed by atoms with Crippen molar-refractivity contribution in [3.05, 3.63) is 28.7 Å². The second-order valence-corrected chi connectivity index (χ2v) is 10.4. The highest BCUT2D eigenvalue weighted by Gasteiger charge is 2.42. The van der Waals surface area contributed by atoms with Gasteiger partial charge in [0.2, 0.25) is 0 Å². The van der Waals surface area contributed by atoms with E-state index in [1.807, 2.05) is 32.0 Å². The quantitative estimate of drug-likeness (QED) is 0.174. The van der Waals surface area contributed by atoms with Gasteiger partial charge in [-0.05, 0) is 49.5 Å².